The van der Waals surface area contributed by atoms with Crippen molar-refractivity contribution in [1.29, 1.82) is 0 Å². The van der Waals surface area contributed by atoms with Crippen molar-refractivity contribution in [2.24, 2.45) is 0 Å². The van der Waals surface area contributed by atoms with E-state index in [4.69, 9.17) is 4.74 Å². The number of carbonyl (C=O) groups excluding carboxylic acids is 1. The molecule has 0 saturated heterocycles. The van der Waals surface area contributed by atoms with Crippen molar-refractivity contribution in [2.75, 3.05) is 6.61 Å². The van der Waals surface area contributed by atoms with Crippen LogP contribution in [0.25, 0.3) is 0 Å². The zero-order valence-corrected chi connectivity index (χ0v) is 11.4. The first-order valence-corrected chi connectivity index (χ1v) is 6.75. The van der Waals surface area contributed by atoms with Gasteiger partial charge in [-0.1, -0.05) is 38.0 Å². The first kappa shape index (κ1) is 15.2. The zero-order valence-electron chi connectivity index (χ0n) is 11.4. The fraction of sp³-hybridized carbons (Fsp3) is 0.467. The molecular formula is C15H21NO3. The molecule has 1 heterocycles. The van der Waals surface area contributed by atoms with E-state index in [-0.39, 0.29) is 5.56 Å². The van der Waals surface area contributed by atoms with Gasteiger partial charge >= 0.3 is 6.09 Å². The summed E-state index contributed by atoms with van der Waals surface area (Å²) in [6.07, 6.45) is 10.3. The summed E-state index contributed by atoms with van der Waals surface area (Å²) in [5.41, 5.74) is -0.373. The van der Waals surface area contributed by atoms with Crippen LogP contribution in [-0.4, -0.2) is 17.3 Å². The molecule has 1 aromatic rings. The van der Waals surface area contributed by atoms with Gasteiger partial charge in [0.05, 0.1) is 6.61 Å². The number of nitrogens with zero attached hydrogens (tertiary/aromatic N) is 1. The van der Waals surface area contributed by atoms with Crippen molar-refractivity contribution in [3.05, 3.63) is 46.9 Å². The summed E-state index contributed by atoms with van der Waals surface area (Å²) in [7, 11) is 0. The Hall–Kier alpha value is -1.84. The fourth-order valence-electron chi connectivity index (χ4n) is 1.61. The van der Waals surface area contributed by atoms with Crippen LogP contribution in [-0.2, 0) is 4.74 Å². The Bertz CT molecular complexity index is 462. The van der Waals surface area contributed by atoms with E-state index < -0.39 is 6.09 Å². The number of allylic oxidation sites excluding steroid dienone is 1. The molecule has 0 atom stereocenters. The van der Waals surface area contributed by atoms with Crippen LogP contribution in [0.4, 0.5) is 4.79 Å². The molecule has 0 amide bonds. The summed E-state index contributed by atoms with van der Waals surface area (Å²) >= 11 is 0. The van der Waals surface area contributed by atoms with Gasteiger partial charge in [0.2, 0.25) is 0 Å². The quantitative estimate of drug-likeness (QED) is 0.560. The number of unbranched alkanes of at least 4 members (excludes halogenated alkanes) is 3. The number of ether oxygens (including phenoxy) is 1. The molecule has 104 valence electrons. The summed E-state index contributed by atoms with van der Waals surface area (Å²) in [6.45, 7) is 2.47. The van der Waals surface area contributed by atoms with Crippen LogP contribution in [0, 0.1) is 0 Å². The summed E-state index contributed by atoms with van der Waals surface area (Å²) in [5.74, 6) is 0. The zero-order chi connectivity index (χ0) is 13.9. The lowest BCUT2D eigenvalue weighted by atomic mass is 10.2. The third-order valence-electron chi connectivity index (χ3n) is 2.67. The molecule has 0 unspecified atom stereocenters. The van der Waals surface area contributed by atoms with Crippen LogP contribution in [0.3, 0.4) is 0 Å². The van der Waals surface area contributed by atoms with Gasteiger partial charge in [-0.3, -0.25) is 4.79 Å². The van der Waals surface area contributed by atoms with Crippen molar-refractivity contribution in [1.82, 2.24) is 4.57 Å². The largest absolute Gasteiger partial charge is 0.449 e. The second-order valence-electron chi connectivity index (χ2n) is 4.28. The van der Waals surface area contributed by atoms with Gasteiger partial charge in [0.1, 0.15) is 0 Å². The molecule has 0 bridgehead atoms. The highest BCUT2D eigenvalue weighted by Gasteiger charge is 2.05. The van der Waals surface area contributed by atoms with E-state index >= 15 is 0 Å². The molecule has 0 aliphatic rings. The summed E-state index contributed by atoms with van der Waals surface area (Å²) in [5, 5.41) is 0. The molecule has 0 aliphatic carbocycles. The molecule has 19 heavy (non-hydrogen) atoms. The molecule has 0 N–H and O–H groups in total. The molecule has 0 saturated carbocycles. The standard InChI is InChI=1S/C15H21NO3/c1-2-3-4-5-6-7-10-13-19-15(18)16-12-9-8-11-14(16)17/h6-9,11-12H,2-5,10,13H2,1H3/b7-6-. The first-order valence-electron chi connectivity index (χ1n) is 6.75. The maximum absolute atomic E-state index is 11.6. The SMILES string of the molecule is CCCCC/C=C\CCOC(=O)n1ccccc1=O. The monoisotopic (exact) mass is 263 g/mol. The second kappa shape index (κ2) is 9.14. The smallest absolute Gasteiger partial charge is 0.420 e. The Balaban J connectivity index is 2.21. The van der Waals surface area contributed by atoms with Gasteiger partial charge in [0.15, 0.2) is 0 Å². The number of aromatic nitrogens is 1. The van der Waals surface area contributed by atoms with Gasteiger partial charge in [0, 0.05) is 12.3 Å². The third-order valence-corrected chi connectivity index (χ3v) is 2.67. The minimum absolute atomic E-state index is 0.296. The Morgan fingerprint density at radius 2 is 2.05 bits per heavy atom. The molecule has 4 heteroatoms. The second-order valence-corrected chi connectivity index (χ2v) is 4.28. The number of hydrogen-bond donors (Lipinski definition) is 0. The van der Waals surface area contributed by atoms with Crippen LogP contribution in [0.5, 0.6) is 0 Å². The number of pyridine rings is 1. The van der Waals surface area contributed by atoms with Crippen LogP contribution in [0.2, 0.25) is 0 Å². The molecule has 0 radical (unpaired) electrons. The minimum Gasteiger partial charge on any atom is -0.449 e. The highest BCUT2D eigenvalue weighted by molar-refractivity contribution is 5.70. The Labute approximate surface area is 113 Å². The van der Waals surface area contributed by atoms with E-state index in [9.17, 15) is 9.59 Å². The van der Waals surface area contributed by atoms with E-state index in [1.807, 2.05) is 6.08 Å². The van der Waals surface area contributed by atoms with Crippen molar-refractivity contribution >= 4 is 6.09 Å². The van der Waals surface area contributed by atoms with Crippen LogP contribution in [0.1, 0.15) is 39.0 Å². The normalized spacial score (nSPS) is 10.8. The number of hydrogen-bond acceptors (Lipinski definition) is 3. The highest BCUT2D eigenvalue weighted by atomic mass is 16.5. The van der Waals surface area contributed by atoms with Crippen LogP contribution < -0.4 is 5.56 Å². The predicted octanol–water partition coefficient (Wildman–Crippen LogP) is 3.36. The topological polar surface area (TPSA) is 48.3 Å². The van der Waals surface area contributed by atoms with Crippen molar-refractivity contribution in [3.8, 4) is 0 Å². The molecule has 1 rings (SSSR count). The summed E-state index contributed by atoms with van der Waals surface area (Å²) < 4.78 is 5.97. The number of carbonyl (C=O) groups is 1. The average Bonchev–Trinajstić information content (AvgIpc) is 2.42. The average molecular weight is 263 g/mol. The number of rotatable bonds is 7. The Morgan fingerprint density at radius 1 is 1.26 bits per heavy atom. The van der Waals surface area contributed by atoms with E-state index in [1.165, 1.54) is 31.5 Å². The van der Waals surface area contributed by atoms with E-state index in [0.29, 0.717) is 13.0 Å². The lowest BCUT2D eigenvalue weighted by molar-refractivity contribution is 0.149. The van der Waals surface area contributed by atoms with Crippen molar-refractivity contribution in [2.45, 2.75) is 39.0 Å². The van der Waals surface area contributed by atoms with E-state index in [1.54, 1.807) is 12.1 Å². The van der Waals surface area contributed by atoms with Crippen LogP contribution >= 0.6 is 0 Å². The third kappa shape index (κ3) is 6.04. The Morgan fingerprint density at radius 3 is 2.79 bits per heavy atom. The fourth-order valence-corrected chi connectivity index (χ4v) is 1.61. The van der Waals surface area contributed by atoms with Crippen molar-refractivity contribution < 1.29 is 9.53 Å². The van der Waals surface area contributed by atoms with Gasteiger partial charge < -0.3 is 4.74 Å². The lowest BCUT2D eigenvalue weighted by Crippen LogP contribution is -2.26. The highest BCUT2D eigenvalue weighted by Crippen LogP contribution is 2.00. The van der Waals surface area contributed by atoms with Gasteiger partial charge in [-0.15, -0.1) is 0 Å². The van der Waals surface area contributed by atoms with Gasteiger partial charge in [-0.2, -0.15) is 0 Å². The van der Waals surface area contributed by atoms with Gasteiger partial charge in [0.25, 0.3) is 5.56 Å². The molecular weight excluding hydrogens is 242 g/mol. The molecule has 0 fully saturated rings. The summed E-state index contributed by atoms with van der Waals surface area (Å²) in [4.78, 5) is 22.9. The maximum atomic E-state index is 11.6. The molecule has 0 spiro atoms. The van der Waals surface area contributed by atoms with E-state index in [2.05, 4.69) is 13.0 Å². The molecule has 0 aliphatic heterocycles. The lowest BCUT2D eigenvalue weighted by Gasteiger charge is -2.04. The molecule has 0 aromatic carbocycles. The maximum Gasteiger partial charge on any atom is 0.420 e. The Kier molecular flexibility index (Phi) is 7.32. The van der Waals surface area contributed by atoms with Crippen molar-refractivity contribution in [3.63, 3.8) is 0 Å². The molecule has 4 nitrogen and oxygen atoms in total. The van der Waals surface area contributed by atoms with Gasteiger partial charge in [-0.25, -0.2) is 9.36 Å². The first-order chi connectivity index (χ1) is 9.25. The molecule has 1 aromatic heterocycles. The summed E-state index contributed by atoms with van der Waals surface area (Å²) in [6, 6.07) is 4.54. The predicted molar refractivity (Wildman–Crippen MR) is 75.3 cm³/mol. The van der Waals surface area contributed by atoms with Crippen LogP contribution in [0.15, 0.2) is 41.3 Å². The van der Waals surface area contributed by atoms with E-state index in [0.717, 1.165) is 11.0 Å². The minimum atomic E-state index is -0.620. The van der Waals surface area contributed by atoms with Gasteiger partial charge in [-0.05, 0) is 25.3 Å².